The predicted molar refractivity (Wildman–Crippen MR) is 85.6 cm³/mol. The highest BCUT2D eigenvalue weighted by atomic mass is 16.2. The summed E-state index contributed by atoms with van der Waals surface area (Å²) in [7, 11) is 0. The summed E-state index contributed by atoms with van der Waals surface area (Å²) >= 11 is 0. The summed E-state index contributed by atoms with van der Waals surface area (Å²) in [6, 6.07) is 17.0. The van der Waals surface area contributed by atoms with Crippen LogP contribution >= 0.6 is 0 Å². The summed E-state index contributed by atoms with van der Waals surface area (Å²) in [5.74, 6) is -0.0352. The van der Waals surface area contributed by atoms with Crippen molar-refractivity contribution in [3.05, 3.63) is 71.3 Å². The molecule has 0 aliphatic rings. The second-order valence-electron chi connectivity index (χ2n) is 5.17. The van der Waals surface area contributed by atoms with E-state index >= 15 is 0 Å². The molecule has 0 bridgehead atoms. The maximum Gasteiger partial charge on any atom is 0.244 e. The Morgan fingerprint density at radius 1 is 1.10 bits per heavy atom. The topological polar surface area (TPSA) is 46.3 Å². The number of benzene rings is 2. The summed E-state index contributed by atoms with van der Waals surface area (Å²) in [6.45, 7) is 5.29. The van der Waals surface area contributed by atoms with Crippen LogP contribution in [0.15, 0.2) is 54.6 Å². The number of rotatable bonds is 5. The zero-order chi connectivity index (χ0) is 15.2. The van der Waals surface area contributed by atoms with Crippen LogP contribution in [0.1, 0.15) is 29.7 Å². The van der Waals surface area contributed by atoms with Gasteiger partial charge in [-0.25, -0.2) is 0 Å². The van der Waals surface area contributed by atoms with Crippen molar-refractivity contribution >= 4 is 5.91 Å². The van der Waals surface area contributed by atoms with E-state index in [0.717, 1.165) is 11.1 Å². The number of hydrogen-bond donors (Lipinski definition) is 1. The van der Waals surface area contributed by atoms with Crippen LogP contribution in [0.4, 0.5) is 0 Å². The van der Waals surface area contributed by atoms with E-state index in [1.165, 1.54) is 5.56 Å². The van der Waals surface area contributed by atoms with Gasteiger partial charge in [-0.05, 0) is 30.5 Å². The number of hydrogen-bond acceptors (Lipinski definition) is 2. The van der Waals surface area contributed by atoms with Crippen molar-refractivity contribution in [1.29, 1.82) is 0 Å². The number of likely N-dealkylation sites (N-methyl/N-ethyl adjacent to an activating group) is 1. The lowest BCUT2D eigenvalue weighted by molar-refractivity contribution is -0.133. The van der Waals surface area contributed by atoms with Crippen molar-refractivity contribution in [2.45, 2.75) is 26.4 Å². The molecule has 0 radical (unpaired) electrons. The fourth-order valence-electron chi connectivity index (χ4n) is 2.34. The van der Waals surface area contributed by atoms with E-state index in [4.69, 9.17) is 5.73 Å². The second-order valence-corrected chi connectivity index (χ2v) is 5.17. The third kappa shape index (κ3) is 3.70. The molecule has 0 fully saturated rings. The standard InChI is InChI=1S/C18H22N2O/c1-3-20(13-16-12-8-7-9-14(16)2)18(21)17(19)15-10-5-4-6-11-15/h4-12,17H,3,13,19H2,1-2H3/t17-/m1/s1. The molecule has 2 rings (SSSR count). The minimum atomic E-state index is -0.602. The van der Waals surface area contributed by atoms with Crippen molar-refractivity contribution in [2.24, 2.45) is 5.73 Å². The average Bonchev–Trinajstić information content (AvgIpc) is 2.53. The summed E-state index contributed by atoms with van der Waals surface area (Å²) in [5, 5.41) is 0. The van der Waals surface area contributed by atoms with Gasteiger partial charge in [0.05, 0.1) is 0 Å². The number of carbonyl (C=O) groups excluding carboxylic acids is 1. The van der Waals surface area contributed by atoms with E-state index in [0.29, 0.717) is 13.1 Å². The highest BCUT2D eigenvalue weighted by Crippen LogP contribution is 2.16. The fourth-order valence-corrected chi connectivity index (χ4v) is 2.34. The first-order valence-electron chi connectivity index (χ1n) is 7.27. The SMILES string of the molecule is CCN(Cc1ccccc1C)C(=O)[C@H](N)c1ccccc1. The normalized spacial score (nSPS) is 12.0. The summed E-state index contributed by atoms with van der Waals surface area (Å²) < 4.78 is 0. The molecule has 0 unspecified atom stereocenters. The third-order valence-electron chi connectivity index (χ3n) is 3.74. The number of aryl methyl sites for hydroxylation is 1. The molecule has 2 aromatic rings. The van der Waals surface area contributed by atoms with Gasteiger partial charge in [0, 0.05) is 13.1 Å². The van der Waals surface area contributed by atoms with E-state index in [1.54, 1.807) is 4.90 Å². The molecule has 0 saturated carbocycles. The third-order valence-corrected chi connectivity index (χ3v) is 3.74. The fraction of sp³-hybridized carbons (Fsp3) is 0.278. The van der Waals surface area contributed by atoms with Gasteiger partial charge < -0.3 is 10.6 Å². The predicted octanol–water partition coefficient (Wildman–Crippen LogP) is 3.04. The van der Waals surface area contributed by atoms with Crippen molar-refractivity contribution in [2.75, 3.05) is 6.54 Å². The molecule has 0 spiro atoms. The molecule has 21 heavy (non-hydrogen) atoms. The van der Waals surface area contributed by atoms with Crippen molar-refractivity contribution in [1.82, 2.24) is 4.90 Å². The van der Waals surface area contributed by atoms with E-state index in [-0.39, 0.29) is 5.91 Å². The van der Waals surface area contributed by atoms with Crippen molar-refractivity contribution in [3.8, 4) is 0 Å². The van der Waals surface area contributed by atoms with Gasteiger partial charge in [-0.15, -0.1) is 0 Å². The Kier molecular flexibility index (Phi) is 5.12. The number of carbonyl (C=O) groups is 1. The molecule has 2 aromatic carbocycles. The smallest absolute Gasteiger partial charge is 0.244 e. The monoisotopic (exact) mass is 282 g/mol. The first-order valence-corrected chi connectivity index (χ1v) is 7.27. The summed E-state index contributed by atoms with van der Waals surface area (Å²) in [6.07, 6.45) is 0. The molecular formula is C18H22N2O. The Morgan fingerprint density at radius 3 is 2.33 bits per heavy atom. The Balaban J connectivity index is 2.14. The zero-order valence-electron chi connectivity index (χ0n) is 12.6. The molecule has 0 saturated heterocycles. The van der Waals surface area contributed by atoms with Crippen LogP contribution in [0.3, 0.4) is 0 Å². The number of amides is 1. The Morgan fingerprint density at radius 2 is 1.71 bits per heavy atom. The van der Waals surface area contributed by atoms with E-state index in [2.05, 4.69) is 19.1 Å². The van der Waals surface area contributed by atoms with Gasteiger partial charge in [0.1, 0.15) is 6.04 Å². The summed E-state index contributed by atoms with van der Waals surface area (Å²) in [5.41, 5.74) is 9.32. The van der Waals surface area contributed by atoms with E-state index in [9.17, 15) is 4.79 Å². The Hall–Kier alpha value is -2.13. The maximum absolute atomic E-state index is 12.6. The van der Waals surface area contributed by atoms with E-state index in [1.807, 2.05) is 49.4 Å². The molecule has 3 nitrogen and oxygen atoms in total. The lowest BCUT2D eigenvalue weighted by atomic mass is 10.0. The van der Waals surface area contributed by atoms with Crippen LogP contribution in [-0.2, 0) is 11.3 Å². The van der Waals surface area contributed by atoms with Crippen LogP contribution < -0.4 is 5.73 Å². The van der Waals surface area contributed by atoms with Crippen molar-refractivity contribution in [3.63, 3.8) is 0 Å². The van der Waals surface area contributed by atoms with Crippen LogP contribution in [0.25, 0.3) is 0 Å². The van der Waals surface area contributed by atoms with Gasteiger partial charge in [0.25, 0.3) is 0 Å². The largest absolute Gasteiger partial charge is 0.337 e. The Labute approximate surface area is 126 Å². The molecule has 0 heterocycles. The van der Waals surface area contributed by atoms with Gasteiger partial charge in [0.15, 0.2) is 0 Å². The van der Waals surface area contributed by atoms with Crippen LogP contribution in [0.5, 0.6) is 0 Å². The van der Waals surface area contributed by atoms with Crippen LogP contribution in [0, 0.1) is 6.92 Å². The second kappa shape index (κ2) is 7.04. The highest BCUT2D eigenvalue weighted by molar-refractivity contribution is 5.83. The minimum absolute atomic E-state index is 0.0352. The first-order chi connectivity index (χ1) is 10.1. The first kappa shape index (κ1) is 15.3. The lowest BCUT2D eigenvalue weighted by Crippen LogP contribution is -2.38. The van der Waals surface area contributed by atoms with E-state index < -0.39 is 6.04 Å². The van der Waals surface area contributed by atoms with Gasteiger partial charge in [-0.1, -0.05) is 54.6 Å². The van der Waals surface area contributed by atoms with Gasteiger partial charge >= 0.3 is 0 Å². The molecule has 0 aromatic heterocycles. The van der Waals surface area contributed by atoms with Crippen molar-refractivity contribution < 1.29 is 4.79 Å². The molecule has 1 atom stereocenters. The molecule has 1 amide bonds. The average molecular weight is 282 g/mol. The minimum Gasteiger partial charge on any atom is -0.337 e. The molecule has 110 valence electrons. The molecule has 0 aliphatic heterocycles. The van der Waals surface area contributed by atoms with Crippen LogP contribution in [-0.4, -0.2) is 17.4 Å². The van der Waals surface area contributed by atoms with Gasteiger partial charge in [0.2, 0.25) is 5.91 Å². The maximum atomic E-state index is 12.6. The molecule has 0 aliphatic carbocycles. The quantitative estimate of drug-likeness (QED) is 0.916. The van der Waals surface area contributed by atoms with Gasteiger partial charge in [-0.2, -0.15) is 0 Å². The lowest BCUT2D eigenvalue weighted by Gasteiger charge is -2.25. The Bertz CT molecular complexity index is 595. The highest BCUT2D eigenvalue weighted by Gasteiger charge is 2.21. The number of nitrogens with two attached hydrogens (primary N) is 1. The summed E-state index contributed by atoms with van der Waals surface area (Å²) in [4.78, 5) is 14.4. The number of nitrogens with zero attached hydrogens (tertiary/aromatic N) is 1. The molecular weight excluding hydrogens is 260 g/mol. The van der Waals surface area contributed by atoms with Gasteiger partial charge in [-0.3, -0.25) is 4.79 Å². The zero-order valence-corrected chi connectivity index (χ0v) is 12.6. The molecule has 3 heteroatoms. The van der Waals surface area contributed by atoms with Crippen LogP contribution in [0.2, 0.25) is 0 Å². The molecule has 2 N–H and O–H groups in total.